The predicted octanol–water partition coefficient (Wildman–Crippen LogP) is 7.57. The van der Waals surface area contributed by atoms with Gasteiger partial charge in [0.25, 0.3) is 0 Å². The first-order valence-electron chi connectivity index (χ1n) is 22.9. The molecule has 0 aliphatic carbocycles. The van der Waals surface area contributed by atoms with E-state index in [0.29, 0.717) is 41.5 Å². The number of carbonyl (C=O) groups is 2. The van der Waals surface area contributed by atoms with Crippen molar-refractivity contribution in [1.82, 2.24) is 30.0 Å². The Balaban J connectivity index is 0.731. The fourth-order valence-corrected chi connectivity index (χ4v) is 10.9. The summed E-state index contributed by atoms with van der Waals surface area (Å²) >= 11 is 6.54. The number of hydrogen-bond acceptors (Lipinski definition) is 12. The number of amides is 2. The highest BCUT2D eigenvalue weighted by atomic mass is 35.5. The van der Waals surface area contributed by atoms with E-state index < -0.39 is 6.04 Å². The number of aromatic nitrogens is 2. The number of halogens is 1. The summed E-state index contributed by atoms with van der Waals surface area (Å²) in [6, 6.07) is 20.8. The van der Waals surface area contributed by atoms with Gasteiger partial charge in [-0.1, -0.05) is 75.2 Å². The molecule has 5 heterocycles. The van der Waals surface area contributed by atoms with Crippen molar-refractivity contribution in [3.63, 3.8) is 0 Å². The number of fused-ring (bicyclic) bond motifs is 1. The summed E-state index contributed by atoms with van der Waals surface area (Å²) in [6.45, 7) is 12.7. The van der Waals surface area contributed by atoms with Crippen molar-refractivity contribution < 1.29 is 19.1 Å². The standard InChI is InChI=1S/C49H61ClN9O4P/c1-63-44-30-36(17-18-40(44)53-49-51-31-39(50)47(55-49)52-41-15-8-9-16-45(41)64(2)3)57-24-21-35(22-25-57)58-28-26-56(27-29-58)23-10-6-4-5-7-12-34-13-11-14-37-38(34)32-59(43(37)33-60)42-19-20-46(61)54-48(42)62/h8-9,11,13-18,30-31,35,42H,4-7,10,12,19-29,32H2,1-3H3,(H,54,61,62)(H2,51,52,53,55). The third-order valence-corrected chi connectivity index (χ3v) is 14.9. The van der Waals surface area contributed by atoms with Gasteiger partial charge in [0.2, 0.25) is 17.8 Å². The highest BCUT2D eigenvalue weighted by molar-refractivity contribution is 7.64. The number of benzene rings is 3. The van der Waals surface area contributed by atoms with Crippen LogP contribution in [0, 0.1) is 0 Å². The second kappa shape index (κ2) is 21.3. The van der Waals surface area contributed by atoms with E-state index in [1.54, 1.807) is 13.3 Å². The number of carbonyl (C=O) groups excluding carboxylic acids is 3. The van der Waals surface area contributed by atoms with Crippen molar-refractivity contribution in [2.75, 3.05) is 81.8 Å². The number of piperazine rings is 1. The van der Waals surface area contributed by atoms with Crippen LogP contribution in [0.3, 0.4) is 0 Å². The molecule has 64 heavy (non-hydrogen) atoms. The van der Waals surface area contributed by atoms with Crippen molar-refractivity contribution in [2.24, 2.45) is 0 Å². The molecule has 1 aromatic heterocycles. The van der Waals surface area contributed by atoms with Crippen LogP contribution in [0.5, 0.6) is 5.75 Å². The lowest BCUT2D eigenvalue weighted by atomic mass is 9.97. The molecule has 4 aliphatic rings. The lowest BCUT2D eigenvalue weighted by Crippen LogP contribution is -2.53. The summed E-state index contributed by atoms with van der Waals surface area (Å²) < 4.78 is 5.85. The average Bonchev–Trinajstić information content (AvgIpc) is 3.69. The van der Waals surface area contributed by atoms with Crippen molar-refractivity contribution >= 4 is 77.1 Å². The number of nitrogens with zero attached hydrogens (tertiary/aromatic N) is 6. The van der Waals surface area contributed by atoms with E-state index in [2.05, 4.69) is 91.3 Å². The van der Waals surface area contributed by atoms with E-state index in [9.17, 15) is 14.4 Å². The zero-order valence-electron chi connectivity index (χ0n) is 37.4. The summed E-state index contributed by atoms with van der Waals surface area (Å²) in [7, 11) is 1.38. The van der Waals surface area contributed by atoms with E-state index in [-0.39, 0.29) is 26.2 Å². The second-order valence-corrected chi connectivity index (χ2v) is 20.2. The number of rotatable bonds is 17. The van der Waals surface area contributed by atoms with Gasteiger partial charge in [-0.15, -0.1) is 0 Å². The first-order chi connectivity index (χ1) is 31.2. The van der Waals surface area contributed by atoms with Gasteiger partial charge in [-0.05, 0) is 93.0 Å². The minimum Gasteiger partial charge on any atom is -0.494 e. The minimum absolute atomic E-state index is 0.252. The molecule has 0 bridgehead atoms. The number of para-hydroxylation sites is 1. The zero-order chi connectivity index (χ0) is 44.6. The first-order valence-corrected chi connectivity index (χ1v) is 25.5. The molecule has 3 aromatic carbocycles. The molecule has 0 saturated carbocycles. The molecule has 8 rings (SSSR count). The van der Waals surface area contributed by atoms with Crippen LogP contribution in [-0.2, 0) is 27.3 Å². The summed E-state index contributed by atoms with van der Waals surface area (Å²) in [4.78, 5) is 55.2. The van der Waals surface area contributed by atoms with E-state index in [0.717, 1.165) is 105 Å². The smallest absolute Gasteiger partial charge is 0.249 e. The van der Waals surface area contributed by atoms with Crippen molar-refractivity contribution in [1.29, 1.82) is 0 Å². The maximum absolute atomic E-state index is 12.6. The topological polar surface area (TPSA) is 135 Å². The summed E-state index contributed by atoms with van der Waals surface area (Å²) in [5.74, 6) is 3.24. The second-order valence-electron chi connectivity index (χ2n) is 17.5. The van der Waals surface area contributed by atoms with Crippen LogP contribution in [0.4, 0.5) is 28.8 Å². The molecule has 0 spiro atoms. The molecule has 3 N–H and O–H groups in total. The highest BCUT2D eigenvalue weighted by Gasteiger charge is 2.38. The van der Waals surface area contributed by atoms with E-state index in [1.807, 2.05) is 29.2 Å². The SMILES string of the molecule is COc1cc(N2CCC(N3CCN(CCCCCCCc4cccc5c4CN(C4CCC(=O)NC4=O)C5=C=O)CC3)CC2)ccc1Nc1ncc(Cl)c(Nc2ccccc2P(C)C)n1. The molecule has 338 valence electrons. The Bertz CT molecular complexity index is 2340. The number of anilines is 5. The van der Waals surface area contributed by atoms with Gasteiger partial charge in [0.15, 0.2) is 11.8 Å². The van der Waals surface area contributed by atoms with Gasteiger partial charge in [0, 0.05) is 81.3 Å². The Morgan fingerprint density at radius 1 is 0.891 bits per heavy atom. The number of aryl methyl sites for hydroxylation is 1. The van der Waals surface area contributed by atoms with E-state index in [4.69, 9.17) is 21.3 Å². The lowest BCUT2D eigenvalue weighted by Gasteiger charge is -2.43. The van der Waals surface area contributed by atoms with Crippen LogP contribution in [-0.4, -0.2) is 121 Å². The molecule has 13 nitrogen and oxygen atoms in total. The quantitative estimate of drug-likeness (QED) is 0.0418. The molecule has 3 saturated heterocycles. The molecular weight excluding hydrogens is 845 g/mol. The van der Waals surface area contributed by atoms with Crippen LogP contribution < -0.4 is 30.9 Å². The molecule has 1 atom stereocenters. The zero-order valence-corrected chi connectivity index (χ0v) is 39.0. The Morgan fingerprint density at radius 3 is 2.44 bits per heavy atom. The Labute approximate surface area is 383 Å². The largest absolute Gasteiger partial charge is 0.494 e. The number of methoxy groups -OCH3 is 1. The van der Waals surface area contributed by atoms with Crippen LogP contribution in [0.25, 0.3) is 5.70 Å². The molecule has 0 radical (unpaired) electrons. The third-order valence-electron chi connectivity index (χ3n) is 13.3. The van der Waals surface area contributed by atoms with Crippen LogP contribution in [0.1, 0.15) is 74.5 Å². The lowest BCUT2D eigenvalue weighted by molar-refractivity contribution is -0.136. The van der Waals surface area contributed by atoms with Gasteiger partial charge in [0.1, 0.15) is 22.5 Å². The van der Waals surface area contributed by atoms with Gasteiger partial charge < -0.3 is 30.1 Å². The van der Waals surface area contributed by atoms with E-state index >= 15 is 0 Å². The Kier molecular flexibility index (Phi) is 15.2. The van der Waals surface area contributed by atoms with Crippen molar-refractivity contribution in [3.05, 3.63) is 88.6 Å². The summed E-state index contributed by atoms with van der Waals surface area (Å²) in [5, 5.41) is 10.9. The number of ether oxygens (including phenoxy) is 1. The van der Waals surface area contributed by atoms with Gasteiger partial charge in [-0.25, -0.2) is 9.78 Å². The fourth-order valence-electron chi connectivity index (χ4n) is 9.78. The van der Waals surface area contributed by atoms with Crippen molar-refractivity contribution in [2.45, 2.75) is 82.8 Å². The number of imide groups is 1. The van der Waals surface area contributed by atoms with Gasteiger partial charge in [-0.2, -0.15) is 4.98 Å². The number of hydrogen-bond donors (Lipinski definition) is 3. The molecule has 4 aromatic rings. The molecular formula is C49H61ClN9O4P. The normalized spacial score (nSPS) is 18.6. The number of piperidine rings is 2. The van der Waals surface area contributed by atoms with Crippen molar-refractivity contribution in [3.8, 4) is 5.75 Å². The van der Waals surface area contributed by atoms with Gasteiger partial charge in [0.05, 0.1) is 19.0 Å². The molecule has 4 aliphatic heterocycles. The molecule has 2 amide bonds. The summed E-state index contributed by atoms with van der Waals surface area (Å²) in [6.07, 6.45) is 11.5. The molecule has 15 heteroatoms. The number of nitrogens with one attached hydrogen (secondary N) is 3. The maximum Gasteiger partial charge on any atom is 0.249 e. The van der Waals surface area contributed by atoms with Crippen LogP contribution in [0.15, 0.2) is 66.9 Å². The first kappa shape index (κ1) is 45.5. The summed E-state index contributed by atoms with van der Waals surface area (Å²) in [5.41, 5.74) is 6.62. The maximum atomic E-state index is 12.6. The van der Waals surface area contributed by atoms with Crippen LogP contribution in [0.2, 0.25) is 5.02 Å². The van der Waals surface area contributed by atoms with E-state index in [1.165, 1.54) is 36.6 Å². The molecule has 3 fully saturated rings. The molecule has 1 unspecified atom stereocenters. The Hall–Kier alpha value is -5.03. The van der Waals surface area contributed by atoms with Crippen LogP contribution >= 0.6 is 19.5 Å². The average molecular weight is 907 g/mol. The fraction of sp³-hybridized carbons (Fsp3) is 0.469. The Morgan fingerprint density at radius 2 is 1.67 bits per heavy atom. The van der Waals surface area contributed by atoms with Gasteiger partial charge >= 0.3 is 0 Å². The third kappa shape index (κ3) is 10.7. The van der Waals surface area contributed by atoms with Gasteiger partial charge in [-0.3, -0.25) is 19.8 Å². The minimum atomic E-state index is -0.516. The number of unbranched alkanes of at least 4 members (excludes halogenated alkanes) is 4. The monoisotopic (exact) mass is 905 g/mol. The predicted molar refractivity (Wildman–Crippen MR) is 259 cm³/mol. The highest BCUT2D eigenvalue weighted by Crippen LogP contribution is 2.38.